The fraction of sp³-hybridized carbons (Fsp3) is 0.765. The molecule has 0 amide bonds. The normalized spacial score (nSPS) is 42.0. The molecular weight excluding hydrogens is 248 g/mol. The molecule has 0 aromatic heterocycles. The summed E-state index contributed by atoms with van der Waals surface area (Å²) in [6.07, 6.45) is 6.97. The van der Waals surface area contributed by atoms with E-state index in [1.807, 2.05) is 6.92 Å². The molecule has 0 spiro atoms. The van der Waals surface area contributed by atoms with Gasteiger partial charge in [-0.15, -0.1) is 0 Å². The minimum Gasteiger partial charge on any atom is -0.378 e. The number of nitrogens with one attached hydrogen (secondary N) is 2. The summed E-state index contributed by atoms with van der Waals surface area (Å²) in [6.45, 7) is 7.71. The fourth-order valence-corrected chi connectivity index (χ4v) is 4.07. The molecule has 1 heterocycles. The molecular formula is C17H28N2O+2. The quantitative estimate of drug-likeness (QED) is 0.410. The summed E-state index contributed by atoms with van der Waals surface area (Å²) in [6, 6.07) is 0. The number of quaternary nitrogens is 2. The maximum absolute atomic E-state index is 10.7. The number of allylic oxidation sites excluding steroid dienone is 2. The molecule has 20 heavy (non-hydrogen) atoms. The SMILES string of the molecule is C[NH+]1CC[NH+](CC#C[C@@](C)(O)[C@H]2C[C@@H]3C=C[C@@H]2C3)CC1. The van der Waals surface area contributed by atoms with Gasteiger partial charge in [-0.1, -0.05) is 18.1 Å². The highest BCUT2D eigenvalue weighted by atomic mass is 16.3. The minimum atomic E-state index is -0.804. The molecule has 110 valence electrons. The van der Waals surface area contributed by atoms with Gasteiger partial charge in [0.05, 0.1) is 7.05 Å². The molecule has 0 aromatic carbocycles. The van der Waals surface area contributed by atoms with Crippen LogP contribution in [-0.4, -0.2) is 50.5 Å². The van der Waals surface area contributed by atoms with Gasteiger partial charge in [-0.2, -0.15) is 0 Å². The van der Waals surface area contributed by atoms with Gasteiger partial charge in [0.25, 0.3) is 0 Å². The first-order chi connectivity index (χ1) is 9.54. The van der Waals surface area contributed by atoms with Crippen LogP contribution in [0.15, 0.2) is 12.2 Å². The molecule has 2 fully saturated rings. The molecule has 1 saturated carbocycles. The monoisotopic (exact) mass is 276 g/mol. The van der Waals surface area contributed by atoms with Gasteiger partial charge >= 0.3 is 0 Å². The van der Waals surface area contributed by atoms with Crippen molar-refractivity contribution in [2.24, 2.45) is 17.8 Å². The Morgan fingerprint density at radius 3 is 2.55 bits per heavy atom. The molecule has 3 heteroatoms. The van der Waals surface area contributed by atoms with Crippen molar-refractivity contribution in [1.82, 2.24) is 0 Å². The number of fused-ring (bicyclic) bond motifs is 2. The number of aliphatic hydroxyl groups is 1. The molecule has 0 radical (unpaired) electrons. The lowest BCUT2D eigenvalue weighted by molar-refractivity contribution is -1.000. The second-order valence-electron chi connectivity index (χ2n) is 7.22. The number of piperazine rings is 1. The molecule has 0 aromatic rings. The summed E-state index contributed by atoms with van der Waals surface area (Å²) in [4.78, 5) is 3.20. The first-order valence-electron chi connectivity index (χ1n) is 8.10. The summed E-state index contributed by atoms with van der Waals surface area (Å²) < 4.78 is 0. The molecule has 1 saturated heterocycles. The van der Waals surface area contributed by atoms with E-state index in [0.29, 0.717) is 17.8 Å². The van der Waals surface area contributed by atoms with E-state index in [1.165, 1.54) is 32.6 Å². The number of rotatable bonds is 2. The third-order valence-electron chi connectivity index (χ3n) is 5.49. The highest BCUT2D eigenvalue weighted by Gasteiger charge is 2.44. The van der Waals surface area contributed by atoms with Crippen LogP contribution in [0.25, 0.3) is 0 Å². The number of hydrogen-bond donors (Lipinski definition) is 3. The van der Waals surface area contributed by atoms with Crippen molar-refractivity contribution >= 4 is 0 Å². The molecule has 1 aliphatic heterocycles. The Hall–Kier alpha value is -0.820. The average molecular weight is 276 g/mol. The molecule has 2 aliphatic carbocycles. The molecule has 3 rings (SSSR count). The lowest BCUT2D eigenvalue weighted by Gasteiger charge is -2.30. The van der Waals surface area contributed by atoms with Crippen molar-refractivity contribution < 1.29 is 14.9 Å². The molecule has 2 bridgehead atoms. The Labute approximate surface area is 122 Å². The molecule has 3 N–H and O–H groups in total. The van der Waals surface area contributed by atoms with Crippen LogP contribution in [0.1, 0.15) is 19.8 Å². The van der Waals surface area contributed by atoms with Crippen LogP contribution in [0, 0.1) is 29.6 Å². The summed E-state index contributed by atoms with van der Waals surface area (Å²) in [7, 11) is 2.26. The van der Waals surface area contributed by atoms with Crippen LogP contribution in [-0.2, 0) is 0 Å². The van der Waals surface area contributed by atoms with Gasteiger partial charge in [0.2, 0.25) is 0 Å². The highest BCUT2D eigenvalue weighted by Crippen LogP contribution is 2.47. The van der Waals surface area contributed by atoms with Crippen molar-refractivity contribution in [3.63, 3.8) is 0 Å². The van der Waals surface area contributed by atoms with E-state index in [1.54, 1.807) is 9.80 Å². The largest absolute Gasteiger partial charge is 0.378 e. The Bertz CT molecular complexity index is 438. The zero-order valence-electron chi connectivity index (χ0n) is 12.8. The third kappa shape index (κ3) is 2.93. The summed E-state index contributed by atoms with van der Waals surface area (Å²) in [5, 5.41) is 10.7. The van der Waals surface area contributed by atoms with Crippen LogP contribution in [0.4, 0.5) is 0 Å². The lowest BCUT2D eigenvalue weighted by atomic mass is 9.80. The van der Waals surface area contributed by atoms with Crippen molar-refractivity contribution in [1.29, 1.82) is 0 Å². The van der Waals surface area contributed by atoms with Gasteiger partial charge < -0.3 is 14.9 Å². The minimum absolute atomic E-state index is 0.344. The maximum Gasteiger partial charge on any atom is 0.139 e. The topological polar surface area (TPSA) is 29.1 Å². The van der Waals surface area contributed by atoms with Gasteiger partial charge in [0, 0.05) is 5.92 Å². The predicted octanol–water partition coefficient (Wildman–Crippen LogP) is -1.63. The van der Waals surface area contributed by atoms with Gasteiger partial charge in [0.1, 0.15) is 38.3 Å². The van der Waals surface area contributed by atoms with Crippen molar-refractivity contribution in [3.8, 4) is 11.8 Å². The second-order valence-corrected chi connectivity index (χ2v) is 7.22. The van der Waals surface area contributed by atoms with Gasteiger partial charge in [0.15, 0.2) is 0 Å². The first kappa shape index (κ1) is 14.1. The van der Waals surface area contributed by atoms with Crippen LogP contribution < -0.4 is 9.80 Å². The van der Waals surface area contributed by atoms with E-state index < -0.39 is 5.60 Å². The Balaban J connectivity index is 1.54. The molecule has 3 aliphatic rings. The van der Waals surface area contributed by atoms with Crippen LogP contribution in [0.5, 0.6) is 0 Å². The Kier molecular flexibility index (Phi) is 3.90. The molecule has 4 atom stereocenters. The predicted molar refractivity (Wildman–Crippen MR) is 79.4 cm³/mol. The van der Waals surface area contributed by atoms with Crippen molar-refractivity contribution in [2.75, 3.05) is 39.8 Å². The first-order valence-corrected chi connectivity index (χ1v) is 8.10. The zero-order valence-corrected chi connectivity index (χ0v) is 12.8. The van der Waals surface area contributed by atoms with E-state index in [0.717, 1.165) is 13.0 Å². The van der Waals surface area contributed by atoms with E-state index in [9.17, 15) is 5.11 Å². The van der Waals surface area contributed by atoms with Crippen molar-refractivity contribution in [3.05, 3.63) is 12.2 Å². The van der Waals surface area contributed by atoms with E-state index in [4.69, 9.17) is 0 Å². The van der Waals surface area contributed by atoms with Gasteiger partial charge in [-0.25, -0.2) is 0 Å². The lowest BCUT2D eigenvalue weighted by Crippen LogP contribution is -3.26. The summed E-state index contributed by atoms with van der Waals surface area (Å²) in [5.74, 6) is 8.07. The summed E-state index contributed by atoms with van der Waals surface area (Å²) >= 11 is 0. The Morgan fingerprint density at radius 1 is 1.20 bits per heavy atom. The fourth-order valence-electron chi connectivity index (χ4n) is 4.07. The average Bonchev–Trinajstić information content (AvgIpc) is 3.04. The third-order valence-corrected chi connectivity index (χ3v) is 5.49. The maximum atomic E-state index is 10.7. The smallest absolute Gasteiger partial charge is 0.139 e. The molecule has 3 nitrogen and oxygen atoms in total. The highest BCUT2D eigenvalue weighted by molar-refractivity contribution is 5.21. The Morgan fingerprint density at radius 2 is 1.95 bits per heavy atom. The number of hydrogen-bond acceptors (Lipinski definition) is 1. The zero-order chi connectivity index (χ0) is 14.2. The second kappa shape index (κ2) is 5.52. The van der Waals surface area contributed by atoms with Gasteiger partial charge in [-0.3, -0.25) is 0 Å². The number of likely N-dealkylation sites (N-methyl/N-ethyl adjacent to an activating group) is 1. The van der Waals surface area contributed by atoms with Crippen LogP contribution >= 0.6 is 0 Å². The summed E-state index contributed by atoms with van der Waals surface area (Å²) in [5.41, 5.74) is -0.804. The molecule has 0 unspecified atom stereocenters. The standard InChI is InChI=1S/C17H26N2O/c1-17(20,16-13-14-4-5-15(16)12-14)6-3-7-19-10-8-18(2)9-11-19/h4-5,14-16,20H,7-13H2,1-2H3/p+2/t14-,15-,16+,17-/m1/s1. The van der Waals surface area contributed by atoms with Crippen LogP contribution in [0.2, 0.25) is 0 Å². The van der Waals surface area contributed by atoms with E-state index in [2.05, 4.69) is 31.0 Å². The van der Waals surface area contributed by atoms with Crippen molar-refractivity contribution in [2.45, 2.75) is 25.4 Å². The van der Waals surface area contributed by atoms with Crippen LogP contribution in [0.3, 0.4) is 0 Å². The van der Waals surface area contributed by atoms with E-state index in [-0.39, 0.29) is 0 Å². The van der Waals surface area contributed by atoms with Gasteiger partial charge in [-0.05, 0) is 37.5 Å². The van der Waals surface area contributed by atoms with E-state index >= 15 is 0 Å².